The average Bonchev–Trinajstić information content (AvgIpc) is 2.57. The molecule has 0 unspecified atom stereocenters. The van der Waals surface area contributed by atoms with Crippen LogP contribution in [0.5, 0.6) is 0 Å². The highest BCUT2D eigenvalue weighted by molar-refractivity contribution is 6.27. The molecule has 2 aromatic carbocycles. The third-order valence-corrected chi connectivity index (χ3v) is 3.62. The van der Waals surface area contributed by atoms with Gasteiger partial charge < -0.3 is 5.11 Å². The van der Waals surface area contributed by atoms with Crippen molar-refractivity contribution in [3.8, 4) is 0 Å². The molecule has 3 rings (SSSR count). The van der Waals surface area contributed by atoms with Crippen LogP contribution in [-0.4, -0.2) is 22.5 Å². The Morgan fingerprint density at radius 2 is 1.36 bits per heavy atom. The Kier molecular flexibility index (Phi) is 3.43. The van der Waals surface area contributed by atoms with E-state index in [9.17, 15) is 19.5 Å². The normalized spacial score (nSPS) is 14.0. The summed E-state index contributed by atoms with van der Waals surface area (Å²) < 4.78 is 0. The third-order valence-electron chi connectivity index (χ3n) is 3.62. The zero-order chi connectivity index (χ0) is 15.7. The van der Waals surface area contributed by atoms with Gasteiger partial charge in [0.25, 0.3) is 0 Å². The van der Waals surface area contributed by atoms with Gasteiger partial charge in [0.15, 0.2) is 17.3 Å². The first-order valence-corrected chi connectivity index (χ1v) is 6.78. The molecule has 0 saturated carbocycles. The molecule has 0 radical (unpaired) electrons. The summed E-state index contributed by atoms with van der Waals surface area (Å²) in [5.74, 6) is -2.04. The highest BCUT2D eigenvalue weighted by Crippen LogP contribution is 2.27. The lowest BCUT2D eigenvalue weighted by Gasteiger charge is -2.17. The van der Waals surface area contributed by atoms with E-state index in [4.69, 9.17) is 0 Å². The van der Waals surface area contributed by atoms with E-state index in [0.717, 1.165) is 0 Å². The highest BCUT2D eigenvalue weighted by Gasteiger charge is 2.32. The van der Waals surface area contributed by atoms with Crippen LogP contribution in [0.25, 0.3) is 0 Å². The zero-order valence-electron chi connectivity index (χ0n) is 11.6. The Labute approximate surface area is 126 Å². The Balaban J connectivity index is 1.98. The molecule has 4 heteroatoms. The Bertz CT molecular complexity index is 816. The van der Waals surface area contributed by atoms with Gasteiger partial charge in [-0.25, -0.2) is 0 Å². The summed E-state index contributed by atoms with van der Waals surface area (Å²) in [5.41, 5.74) is 0.682. The Hall–Kier alpha value is -3.01. The van der Waals surface area contributed by atoms with Crippen molar-refractivity contribution in [1.29, 1.82) is 0 Å². The second-order valence-corrected chi connectivity index (χ2v) is 5.00. The molecule has 0 amide bonds. The molecule has 0 saturated heterocycles. The molecule has 2 aromatic rings. The van der Waals surface area contributed by atoms with Crippen LogP contribution in [0.3, 0.4) is 0 Å². The average molecular weight is 292 g/mol. The molecule has 108 valence electrons. The van der Waals surface area contributed by atoms with E-state index in [0.29, 0.717) is 5.56 Å². The summed E-state index contributed by atoms with van der Waals surface area (Å²) in [6.45, 7) is 0. The van der Waals surface area contributed by atoms with E-state index in [1.54, 1.807) is 42.5 Å². The van der Waals surface area contributed by atoms with Crippen LogP contribution in [0, 0.1) is 0 Å². The second-order valence-electron chi connectivity index (χ2n) is 5.00. The van der Waals surface area contributed by atoms with Crippen LogP contribution >= 0.6 is 0 Å². The van der Waals surface area contributed by atoms with Gasteiger partial charge in [0, 0.05) is 23.1 Å². The van der Waals surface area contributed by atoms with E-state index in [1.807, 2.05) is 0 Å². The molecule has 0 aliphatic heterocycles. The van der Waals surface area contributed by atoms with Crippen molar-refractivity contribution in [2.75, 3.05) is 0 Å². The quantitative estimate of drug-likeness (QED) is 0.882. The van der Waals surface area contributed by atoms with Gasteiger partial charge >= 0.3 is 0 Å². The van der Waals surface area contributed by atoms with Gasteiger partial charge in [0.1, 0.15) is 0 Å². The monoisotopic (exact) mass is 292 g/mol. The van der Waals surface area contributed by atoms with Gasteiger partial charge in [-0.1, -0.05) is 54.6 Å². The maximum absolute atomic E-state index is 12.4. The number of aliphatic hydroxyl groups is 1. The fraction of sp³-hybridized carbons (Fsp3) is 0.0556. The topological polar surface area (TPSA) is 71.4 Å². The summed E-state index contributed by atoms with van der Waals surface area (Å²) >= 11 is 0. The smallest absolute Gasteiger partial charge is 0.228 e. The Morgan fingerprint density at radius 3 is 2.00 bits per heavy atom. The number of Topliss-reactive ketones (excluding diaryl/α,β-unsaturated/α-hetero) is 3. The fourth-order valence-corrected chi connectivity index (χ4v) is 2.46. The molecule has 0 heterocycles. The highest BCUT2D eigenvalue weighted by atomic mass is 16.3. The first-order valence-electron chi connectivity index (χ1n) is 6.78. The molecule has 0 atom stereocenters. The van der Waals surface area contributed by atoms with Crippen LogP contribution in [-0.2, 0) is 0 Å². The largest absolute Gasteiger partial charge is 0.504 e. The van der Waals surface area contributed by atoms with Gasteiger partial charge in [-0.2, -0.15) is 0 Å². The Morgan fingerprint density at radius 1 is 0.818 bits per heavy atom. The number of benzene rings is 2. The molecular weight excluding hydrogens is 280 g/mol. The molecule has 4 nitrogen and oxygen atoms in total. The maximum atomic E-state index is 12.4. The minimum absolute atomic E-state index is 0.141. The number of aliphatic hydroxyl groups excluding tert-OH is 1. The first kappa shape index (κ1) is 13.9. The second kappa shape index (κ2) is 5.41. The number of allylic oxidation sites excluding steroid dienone is 2. The fourth-order valence-electron chi connectivity index (χ4n) is 2.46. The maximum Gasteiger partial charge on any atom is 0.228 e. The number of rotatable bonds is 3. The molecule has 0 spiro atoms. The molecule has 1 aliphatic carbocycles. The van der Waals surface area contributed by atoms with Crippen molar-refractivity contribution in [3.05, 3.63) is 82.6 Å². The van der Waals surface area contributed by atoms with Crippen molar-refractivity contribution < 1.29 is 19.5 Å². The minimum Gasteiger partial charge on any atom is -0.504 e. The van der Waals surface area contributed by atoms with E-state index >= 15 is 0 Å². The molecule has 0 aromatic heterocycles. The van der Waals surface area contributed by atoms with Crippen LogP contribution in [0.1, 0.15) is 37.5 Å². The van der Waals surface area contributed by atoms with E-state index in [1.165, 1.54) is 12.1 Å². The van der Waals surface area contributed by atoms with E-state index < -0.39 is 17.3 Å². The number of hydrogen-bond acceptors (Lipinski definition) is 4. The summed E-state index contributed by atoms with van der Waals surface area (Å²) in [7, 11) is 0. The lowest BCUT2D eigenvalue weighted by Crippen LogP contribution is -2.23. The zero-order valence-corrected chi connectivity index (χ0v) is 11.6. The van der Waals surface area contributed by atoms with Gasteiger partial charge in [-0.3, -0.25) is 14.4 Å². The SMILES string of the molecule is O=C(CC1=C(O)C(=O)c2ccccc2C1=O)c1ccccc1. The third kappa shape index (κ3) is 2.24. The molecular formula is C18H12O4. The van der Waals surface area contributed by atoms with Gasteiger partial charge in [-0.05, 0) is 0 Å². The standard InChI is InChI=1S/C18H12O4/c19-15(11-6-2-1-3-7-11)10-14-16(20)12-8-4-5-9-13(12)17(21)18(14)22/h1-9,22H,10H2. The van der Waals surface area contributed by atoms with Crippen LogP contribution < -0.4 is 0 Å². The number of carbonyl (C=O) groups excluding carboxylic acids is 3. The minimum atomic E-state index is -0.631. The van der Waals surface area contributed by atoms with Crippen molar-refractivity contribution in [3.63, 3.8) is 0 Å². The number of fused-ring (bicyclic) bond motifs is 1. The number of hydrogen-bond donors (Lipinski definition) is 1. The van der Waals surface area contributed by atoms with E-state index in [2.05, 4.69) is 0 Å². The summed E-state index contributed by atoms with van der Waals surface area (Å²) in [6, 6.07) is 14.7. The predicted octanol–water partition coefficient (Wildman–Crippen LogP) is 3.15. The van der Waals surface area contributed by atoms with Gasteiger partial charge in [0.2, 0.25) is 5.78 Å². The van der Waals surface area contributed by atoms with Gasteiger partial charge in [-0.15, -0.1) is 0 Å². The summed E-state index contributed by atoms with van der Waals surface area (Å²) in [6.07, 6.45) is -0.297. The lowest BCUT2D eigenvalue weighted by atomic mass is 9.85. The first-order chi connectivity index (χ1) is 10.6. The lowest BCUT2D eigenvalue weighted by molar-refractivity contribution is 0.0910. The van der Waals surface area contributed by atoms with Crippen molar-refractivity contribution in [2.45, 2.75) is 6.42 Å². The summed E-state index contributed by atoms with van der Waals surface area (Å²) in [4.78, 5) is 36.8. The van der Waals surface area contributed by atoms with Crippen LogP contribution in [0.2, 0.25) is 0 Å². The van der Waals surface area contributed by atoms with E-state index in [-0.39, 0.29) is 28.9 Å². The molecule has 0 bridgehead atoms. The van der Waals surface area contributed by atoms with Crippen molar-refractivity contribution in [1.82, 2.24) is 0 Å². The predicted molar refractivity (Wildman–Crippen MR) is 80.1 cm³/mol. The molecule has 1 aliphatic rings. The number of carbonyl (C=O) groups is 3. The number of ketones is 3. The molecule has 0 fully saturated rings. The molecule has 22 heavy (non-hydrogen) atoms. The summed E-state index contributed by atoms with van der Waals surface area (Å²) in [5, 5.41) is 10.0. The van der Waals surface area contributed by atoms with Crippen LogP contribution in [0.15, 0.2) is 65.9 Å². The van der Waals surface area contributed by atoms with Crippen molar-refractivity contribution in [2.24, 2.45) is 0 Å². The van der Waals surface area contributed by atoms with Crippen LogP contribution in [0.4, 0.5) is 0 Å². The molecule has 1 N–H and O–H groups in total. The van der Waals surface area contributed by atoms with Gasteiger partial charge in [0.05, 0.1) is 5.57 Å². The van der Waals surface area contributed by atoms with Crippen molar-refractivity contribution >= 4 is 17.3 Å².